The Hall–Kier alpha value is -1.94. The third-order valence-corrected chi connectivity index (χ3v) is 19.7. The zero-order chi connectivity index (χ0) is 69.8. The van der Waals surface area contributed by atoms with E-state index in [2.05, 4.69) is 34.6 Å². The Kier molecular flexibility index (Phi) is 67.7. The predicted octanol–water partition coefficient (Wildman–Crippen LogP) is 22.5. The van der Waals surface area contributed by atoms with Crippen LogP contribution in [0.4, 0.5) is 0 Å². The van der Waals surface area contributed by atoms with E-state index in [0.29, 0.717) is 25.7 Å². The van der Waals surface area contributed by atoms with Crippen molar-refractivity contribution in [2.45, 2.75) is 419 Å². The molecule has 0 saturated carbocycles. The normalized spacial score (nSPS) is 13.9. The van der Waals surface area contributed by atoms with Gasteiger partial charge in [-0.25, -0.2) is 9.13 Å². The number of hydrogen-bond donors (Lipinski definition) is 3. The molecule has 17 nitrogen and oxygen atoms in total. The van der Waals surface area contributed by atoms with Crippen molar-refractivity contribution in [3.63, 3.8) is 0 Å². The molecule has 2 unspecified atom stereocenters. The topological polar surface area (TPSA) is 237 Å². The van der Waals surface area contributed by atoms with Gasteiger partial charge in [0.2, 0.25) is 0 Å². The van der Waals surface area contributed by atoms with Crippen molar-refractivity contribution < 1.29 is 80.2 Å². The highest BCUT2D eigenvalue weighted by Gasteiger charge is 2.30. The Balaban J connectivity index is 5.18. The number of hydrogen-bond acceptors (Lipinski definition) is 15. The lowest BCUT2D eigenvalue weighted by atomic mass is 10.0. The summed E-state index contributed by atoms with van der Waals surface area (Å²) in [6.07, 6.45) is 58.4. The summed E-state index contributed by atoms with van der Waals surface area (Å²) in [5.74, 6) is -1.33. The van der Waals surface area contributed by atoms with E-state index >= 15 is 0 Å². The van der Waals surface area contributed by atoms with Gasteiger partial charge in [0.25, 0.3) is 0 Å². The van der Waals surface area contributed by atoms with Crippen molar-refractivity contribution in [3.8, 4) is 0 Å². The van der Waals surface area contributed by atoms with Crippen LogP contribution in [0.2, 0.25) is 0 Å². The molecule has 0 aromatic carbocycles. The summed E-state index contributed by atoms with van der Waals surface area (Å²) < 4.78 is 68.4. The second-order valence-electron chi connectivity index (χ2n) is 27.9. The first-order chi connectivity index (χ1) is 46.0. The molecule has 3 N–H and O–H groups in total. The van der Waals surface area contributed by atoms with Crippen LogP contribution >= 0.6 is 15.6 Å². The van der Waals surface area contributed by atoms with E-state index in [9.17, 15) is 43.2 Å². The Labute approximate surface area is 581 Å². The molecule has 0 heterocycles. The monoisotopic (exact) mass is 1400 g/mol. The number of phosphoric acid groups is 2. The first kappa shape index (κ1) is 93.1. The minimum absolute atomic E-state index is 0.108. The van der Waals surface area contributed by atoms with Crippen LogP contribution in [0.5, 0.6) is 0 Å². The van der Waals surface area contributed by atoms with Gasteiger partial charge in [-0.15, -0.1) is 0 Å². The van der Waals surface area contributed by atoms with Gasteiger partial charge in [-0.1, -0.05) is 349 Å². The number of rotatable bonds is 76. The van der Waals surface area contributed by atoms with Crippen LogP contribution in [0.1, 0.15) is 401 Å². The number of carbonyl (C=O) groups is 4. The van der Waals surface area contributed by atoms with Crippen molar-refractivity contribution in [1.29, 1.82) is 0 Å². The molecule has 19 heteroatoms. The highest BCUT2D eigenvalue weighted by Crippen LogP contribution is 2.45. The van der Waals surface area contributed by atoms with E-state index in [0.717, 1.165) is 109 Å². The number of phosphoric ester groups is 2. The number of aliphatic hydroxyl groups is 1. The van der Waals surface area contributed by atoms with Crippen molar-refractivity contribution in [1.82, 2.24) is 0 Å². The molecule has 0 spiro atoms. The molecule has 0 saturated heterocycles. The van der Waals surface area contributed by atoms with Crippen molar-refractivity contribution in [3.05, 3.63) is 0 Å². The first-order valence-electron chi connectivity index (χ1n) is 39.6. The largest absolute Gasteiger partial charge is 0.472 e. The molecule has 0 aliphatic heterocycles. The van der Waals surface area contributed by atoms with E-state index in [1.165, 1.54) is 212 Å². The van der Waals surface area contributed by atoms with Gasteiger partial charge >= 0.3 is 39.5 Å². The molecule has 95 heavy (non-hydrogen) atoms. The summed E-state index contributed by atoms with van der Waals surface area (Å²) in [5, 5.41) is 10.6. The molecule has 0 rings (SSSR count). The molecule has 564 valence electrons. The first-order valence-corrected chi connectivity index (χ1v) is 42.6. The van der Waals surface area contributed by atoms with Crippen LogP contribution in [0.25, 0.3) is 0 Å². The fourth-order valence-corrected chi connectivity index (χ4v) is 13.3. The molecule has 0 aliphatic rings. The summed E-state index contributed by atoms with van der Waals surface area (Å²) in [7, 11) is -9.90. The summed E-state index contributed by atoms with van der Waals surface area (Å²) in [6, 6.07) is 0. The van der Waals surface area contributed by atoms with Crippen molar-refractivity contribution in [2.24, 2.45) is 5.92 Å². The lowest BCUT2D eigenvalue weighted by molar-refractivity contribution is -0.161. The summed E-state index contributed by atoms with van der Waals surface area (Å²) in [6.45, 7) is 7.28. The highest BCUT2D eigenvalue weighted by molar-refractivity contribution is 7.47. The molecule has 0 aliphatic carbocycles. The Bertz CT molecular complexity index is 1820. The van der Waals surface area contributed by atoms with Gasteiger partial charge in [0, 0.05) is 25.7 Å². The van der Waals surface area contributed by atoms with Gasteiger partial charge < -0.3 is 33.8 Å². The zero-order valence-corrected chi connectivity index (χ0v) is 63.6. The average molecular weight is 1400 g/mol. The van der Waals surface area contributed by atoms with E-state index < -0.39 is 97.5 Å². The minimum atomic E-state index is -4.96. The van der Waals surface area contributed by atoms with E-state index in [1.54, 1.807) is 0 Å². The number of carbonyl (C=O) groups excluding carboxylic acids is 4. The van der Waals surface area contributed by atoms with Gasteiger partial charge in [0.05, 0.1) is 26.4 Å². The number of unbranched alkanes of at least 4 members (excludes halogenated alkanes) is 48. The van der Waals surface area contributed by atoms with Gasteiger partial charge in [0.1, 0.15) is 19.3 Å². The maximum atomic E-state index is 13.1. The molecule has 0 fully saturated rings. The van der Waals surface area contributed by atoms with Crippen LogP contribution in [0.15, 0.2) is 0 Å². The molecule has 0 aromatic heterocycles. The lowest BCUT2D eigenvalue weighted by Gasteiger charge is -2.21. The molecule has 0 aromatic rings. The van der Waals surface area contributed by atoms with E-state index in [1.807, 2.05) is 0 Å². The summed E-state index contributed by atoms with van der Waals surface area (Å²) in [5.41, 5.74) is 0. The molecule has 0 amide bonds. The summed E-state index contributed by atoms with van der Waals surface area (Å²) in [4.78, 5) is 72.7. The van der Waals surface area contributed by atoms with Gasteiger partial charge in [-0.2, -0.15) is 0 Å². The maximum Gasteiger partial charge on any atom is 0.472 e. The van der Waals surface area contributed by atoms with Crippen LogP contribution in [0.3, 0.4) is 0 Å². The predicted molar refractivity (Wildman–Crippen MR) is 386 cm³/mol. The minimum Gasteiger partial charge on any atom is -0.462 e. The van der Waals surface area contributed by atoms with Crippen LogP contribution in [-0.4, -0.2) is 96.7 Å². The van der Waals surface area contributed by atoms with Crippen LogP contribution in [-0.2, 0) is 65.4 Å². The Morgan fingerprint density at radius 3 is 0.716 bits per heavy atom. The number of aliphatic hydroxyl groups excluding tert-OH is 1. The number of esters is 4. The van der Waals surface area contributed by atoms with E-state index in [-0.39, 0.29) is 25.7 Å². The fourth-order valence-electron chi connectivity index (χ4n) is 11.7. The van der Waals surface area contributed by atoms with E-state index in [4.69, 9.17) is 37.0 Å². The standard InChI is InChI=1S/C76H148O17P2/c1-6-9-12-15-18-20-22-24-25-26-27-28-29-33-38-42-47-52-57-62-76(81)93-72(66-87-74(79)60-55-50-45-40-36-34-30-32-35-39-44-48-53-58-69(4)5)68-91-95(84,85)89-64-70(77)63-88-94(82,83)90-67-71(65-86-73(78)59-54-49-43-17-14-11-8-3)92-75(80)61-56-51-46-41-37-31-23-21-19-16-13-10-7-2/h69-72,77H,6-68H2,1-5H3,(H,82,83)(H,84,85)/t70-,71+,72+/m0/s1. The summed E-state index contributed by atoms with van der Waals surface area (Å²) >= 11 is 0. The zero-order valence-electron chi connectivity index (χ0n) is 61.8. The Morgan fingerprint density at radius 2 is 0.484 bits per heavy atom. The molecule has 0 bridgehead atoms. The molecular weight excluding hydrogens is 1250 g/mol. The fraction of sp³-hybridized carbons (Fsp3) is 0.947. The smallest absolute Gasteiger partial charge is 0.462 e. The Morgan fingerprint density at radius 1 is 0.284 bits per heavy atom. The average Bonchev–Trinajstić information content (AvgIpc) is 1.40. The van der Waals surface area contributed by atoms with Gasteiger partial charge in [0.15, 0.2) is 12.2 Å². The van der Waals surface area contributed by atoms with Crippen LogP contribution in [0, 0.1) is 5.92 Å². The molecule has 5 atom stereocenters. The third kappa shape index (κ3) is 70.3. The second kappa shape index (κ2) is 69.2. The second-order valence-corrected chi connectivity index (χ2v) is 30.8. The molecular formula is C76H148O17P2. The lowest BCUT2D eigenvalue weighted by Crippen LogP contribution is -2.30. The van der Waals surface area contributed by atoms with Crippen molar-refractivity contribution >= 4 is 39.5 Å². The highest BCUT2D eigenvalue weighted by atomic mass is 31.2. The molecule has 0 radical (unpaired) electrons. The third-order valence-electron chi connectivity index (χ3n) is 17.8. The number of ether oxygens (including phenoxy) is 4. The van der Waals surface area contributed by atoms with Crippen molar-refractivity contribution in [2.75, 3.05) is 39.6 Å². The van der Waals surface area contributed by atoms with Gasteiger partial charge in [-0.3, -0.25) is 37.3 Å². The van der Waals surface area contributed by atoms with Gasteiger partial charge in [-0.05, 0) is 31.6 Å². The SMILES string of the molecule is CCCCCCCCCCCCCCCCCCCCCC(=O)O[C@H](COC(=O)CCCCCCCCCCCCCCCC(C)C)COP(=O)(O)OC[C@@H](O)COP(=O)(O)OC[C@@H](COC(=O)CCCCCCCCC)OC(=O)CCCCCCCCCCCCCCC. The maximum absolute atomic E-state index is 13.1. The quantitative estimate of drug-likeness (QED) is 0.0222. The van der Waals surface area contributed by atoms with Crippen LogP contribution < -0.4 is 0 Å².